The largest absolute Gasteiger partial charge is 0.465 e. The monoisotopic (exact) mass is 418 g/mol. The fourth-order valence-corrected chi connectivity index (χ4v) is 5.65. The van der Waals surface area contributed by atoms with Crippen LogP contribution in [0.2, 0.25) is 0 Å². The smallest absolute Gasteiger partial charge is 0.320 e. The Bertz CT molecular complexity index is 808. The van der Waals surface area contributed by atoms with Crippen LogP contribution in [0.4, 0.5) is 5.69 Å². The number of thiophene rings is 1. The van der Waals surface area contributed by atoms with Gasteiger partial charge in [0, 0.05) is 16.3 Å². The molecule has 0 fully saturated rings. The first kappa shape index (κ1) is 20.9. The molecule has 1 aromatic carbocycles. The van der Waals surface area contributed by atoms with Crippen molar-refractivity contribution in [3.05, 3.63) is 46.7 Å². The van der Waals surface area contributed by atoms with E-state index in [9.17, 15) is 9.59 Å². The summed E-state index contributed by atoms with van der Waals surface area (Å²) in [6, 6.07) is 11.9. The predicted molar refractivity (Wildman–Crippen MR) is 115 cm³/mol. The molecule has 0 saturated heterocycles. The van der Waals surface area contributed by atoms with Gasteiger partial charge >= 0.3 is 5.97 Å². The summed E-state index contributed by atoms with van der Waals surface area (Å²) in [5, 5.41) is 1.69. The normalized spacial score (nSPS) is 19.4. The number of carbonyl (C=O) groups is 2. The van der Waals surface area contributed by atoms with Crippen molar-refractivity contribution in [1.82, 2.24) is 4.90 Å². The molecule has 5 nitrogen and oxygen atoms in total. The van der Waals surface area contributed by atoms with E-state index >= 15 is 0 Å². The molecule has 1 amide bonds. The van der Waals surface area contributed by atoms with Gasteiger partial charge in [-0.2, -0.15) is 0 Å². The van der Waals surface area contributed by atoms with Crippen molar-refractivity contribution in [3.63, 3.8) is 0 Å². The van der Waals surface area contributed by atoms with Crippen molar-refractivity contribution in [2.45, 2.75) is 23.5 Å². The number of esters is 1. The van der Waals surface area contributed by atoms with Gasteiger partial charge in [-0.25, -0.2) is 0 Å². The van der Waals surface area contributed by atoms with Crippen LogP contribution in [0.3, 0.4) is 0 Å². The van der Waals surface area contributed by atoms with Crippen LogP contribution >= 0.6 is 23.1 Å². The molecule has 0 bridgehead atoms. The van der Waals surface area contributed by atoms with E-state index in [1.807, 2.05) is 55.9 Å². The number of thioether (sulfide) groups is 1. The van der Waals surface area contributed by atoms with Crippen molar-refractivity contribution >= 4 is 40.7 Å². The number of anilines is 1. The molecule has 0 spiro atoms. The van der Waals surface area contributed by atoms with Crippen molar-refractivity contribution in [3.8, 4) is 0 Å². The molecule has 0 radical (unpaired) electrons. The standard InChI is InChI=1S/C21H26N2O3S2/c1-4-26-21(25)18-19(17-11-7-14-27-17)28-16-10-6-5-9-15(16)23(20(18)24)13-8-12-22(2)3/h5-7,9-11,14,18-19H,4,8,12-13H2,1-3H3/t18-,19-/m0/s1. The molecule has 0 saturated carbocycles. The Labute approximate surface area is 174 Å². The van der Waals surface area contributed by atoms with Crippen LogP contribution in [0.1, 0.15) is 23.5 Å². The van der Waals surface area contributed by atoms with Crippen molar-refractivity contribution in [2.24, 2.45) is 5.92 Å². The molecule has 1 aliphatic rings. The number of rotatable bonds is 7. The predicted octanol–water partition coefficient (Wildman–Crippen LogP) is 4.06. The quantitative estimate of drug-likeness (QED) is 0.501. The third-order valence-electron chi connectivity index (χ3n) is 4.60. The number of benzene rings is 1. The molecule has 0 unspecified atom stereocenters. The zero-order valence-electron chi connectivity index (χ0n) is 16.5. The Hall–Kier alpha value is -1.83. The lowest BCUT2D eigenvalue weighted by Gasteiger charge is -2.27. The molecule has 1 aromatic heterocycles. The van der Waals surface area contributed by atoms with Crippen molar-refractivity contribution in [1.29, 1.82) is 0 Å². The van der Waals surface area contributed by atoms with Gasteiger partial charge in [0.2, 0.25) is 5.91 Å². The second-order valence-corrected chi connectivity index (χ2v) is 9.06. The molecule has 2 aromatic rings. The minimum Gasteiger partial charge on any atom is -0.465 e. The molecule has 28 heavy (non-hydrogen) atoms. The second kappa shape index (κ2) is 9.58. The number of hydrogen-bond acceptors (Lipinski definition) is 6. The van der Waals surface area contributed by atoms with Gasteiger partial charge in [-0.15, -0.1) is 23.1 Å². The molecule has 150 valence electrons. The number of hydrogen-bond donors (Lipinski definition) is 0. The van der Waals surface area contributed by atoms with E-state index in [0.717, 1.165) is 28.4 Å². The van der Waals surface area contributed by atoms with Gasteiger partial charge in [0.25, 0.3) is 0 Å². The summed E-state index contributed by atoms with van der Waals surface area (Å²) in [6.45, 7) is 3.48. The van der Waals surface area contributed by atoms with Gasteiger partial charge in [-0.3, -0.25) is 9.59 Å². The highest BCUT2D eigenvalue weighted by Crippen LogP contribution is 2.49. The minimum absolute atomic E-state index is 0.173. The highest BCUT2D eigenvalue weighted by molar-refractivity contribution is 8.00. The third kappa shape index (κ3) is 4.59. The molecule has 3 rings (SSSR count). The van der Waals surface area contributed by atoms with E-state index in [1.54, 1.807) is 34.9 Å². The number of para-hydroxylation sites is 1. The second-order valence-electron chi connectivity index (χ2n) is 6.90. The molecule has 2 atom stereocenters. The van der Waals surface area contributed by atoms with Gasteiger partial charge in [0.15, 0.2) is 5.92 Å². The van der Waals surface area contributed by atoms with Gasteiger partial charge in [0.1, 0.15) is 0 Å². The Morgan fingerprint density at radius 3 is 2.68 bits per heavy atom. The average Bonchev–Trinajstić information content (AvgIpc) is 3.16. The summed E-state index contributed by atoms with van der Waals surface area (Å²) in [4.78, 5) is 32.4. The van der Waals surface area contributed by atoms with Crippen LogP contribution in [0, 0.1) is 5.92 Å². The van der Waals surface area contributed by atoms with E-state index in [-0.39, 0.29) is 17.8 Å². The topological polar surface area (TPSA) is 49.9 Å². The van der Waals surface area contributed by atoms with Gasteiger partial charge in [-0.1, -0.05) is 18.2 Å². The Balaban J connectivity index is 2.02. The lowest BCUT2D eigenvalue weighted by Crippen LogP contribution is -2.42. The van der Waals surface area contributed by atoms with Crippen LogP contribution in [0.5, 0.6) is 0 Å². The molecule has 0 N–H and O–H groups in total. The number of carbonyl (C=O) groups excluding carboxylic acids is 2. The number of fused-ring (bicyclic) bond motifs is 1. The van der Waals surface area contributed by atoms with Gasteiger partial charge in [0.05, 0.1) is 17.5 Å². The first-order valence-corrected chi connectivity index (χ1v) is 11.2. The maximum absolute atomic E-state index is 13.6. The summed E-state index contributed by atoms with van der Waals surface area (Å²) < 4.78 is 5.32. The summed E-state index contributed by atoms with van der Waals surface area (Å²) in [7, 11) is 4.03. The lowest BCUT2D eigenvalue weighted by molar-refractivity contribution is -0.151. The summed E-state index contributed by atoms with van der Waals surface area (Å²) in [5.74, 6) is -1.47. The number of amides is 1. The van der Waals surface area contributed by atoms with Crippen molar-refractivity contribution in [2.75, 3.05) is 38.7 Å². The fourth-order valence-electron chi connectivity index (χ4n) is 3.31. The lowest BCUT2D eigenvalue weighted by atomic mass is 10.0. The first-order valence-electron chi connectivity index (χ1n) is 9.44. The fraction of sp³-hybridized carbons (Fsp3) is 0.429. The third-order valence-corrected chi connectivity index (χ3v) is 7.08. The molecule has 2 heterocycles. The van der Waals surface area contributed by atoms with E-state index in [4.69, 9.17) is 4.74 Å². The van der Waals surface area contributed by atoms with E-state index in [2.05, 4.69) is 4.90 Å². The van der Waals surface area contributed by atoms with E-state index in [1.165, 1.54) is 0 Å². The maximum atomic E-state index is 13.6. The van der Waals surface area contributed by atoms with Gasteiger partial charge < -0.3 is 14.5 Å². The molecule has 7 heteroatoms. The van der Waals surface area contributed by atoms with E-state index < -0.39 is 11.9 Å². The summed E-state index contributed by atoms with van der Waals surface area (Å²) in [5.41, 5.74) is 0.879. The summed E-state index contributed by atoms with van der Waals surface area (Å²) >= 11 is 3.15. The SMILES string of the molecule is CCOC(=O)[C@@H]1C(=O)N(CCCN(C)C)c2ccccc2S[C@H]1c1cccs1. The Morgan fingerprint density at radius 2 is 2.00 bits per heavy atom. The zero-order valence-corrected chi connectivity index (χ0v) is 18.1. The van der Waals surface area contributed by atoms with Crippen LogP contribution < -0.4 is 4.90 Å². The van der Waals surface area contributed by atoms with Crippen LogP contribution in [0.15, 0.2) is 46.7 Å². The maximum Gasteiger partial charge on any atom is 0.320 e. The number of nitrogens with zero attached hydrogens (tertiary/aromatic N) is 2. The molecule has 0 aliphatic carbocycles. The first-order chi connectivity index (χ1) is 13.5. The molecular weight excluding hydrogens is 392 g/mol. The van der Waals surface area contributed by atoms with Gasteiger partial charge in [-0.05, 0) is 57.6 Å². The van der Waals surface area contributed by atoms with Crippen LogP contribution in [-0.4, -0.2) is 50.6 Å². The number of ether oxygens (including phenoxy) is 1. The van der Waals surface area contributed by atoms with Crippen LogP contribution in [0.25, 0.3) is 0 Å². The highest BCUT2D eigenvalue weighted by Gasteiger charge is 2.44. The molecular formula is C21H26N2O3S2. The van der Waals surface area contributed by atoms with Crippen LogP contribution in [-0.2, 0) is 14.3 Å². The van der Waals surface area contributed by atoms with Crippen molar-refractivity contribution < 1.29 is 14.3 Å². The summed E-state index contributed by atoms with van der Waals surface area (Å²) in [6.07, 6.45) is 0.830. The highest BCUT2D eigenvalue weighted by atomic mass is 32.2. The molecule has 1 aliphatic heterocycles. The van der Waals surface area contributed by atoms with E-state index in [0.29, 0.717) is 6.54 Å². The Morgan fingerprint density at radius 1 is 1.21 bits per heavy atom. The minimum atomic E-state index is -0.852. The average molecular weight is 419 g/mol. The Kier molecular flexibility index (Phi) is 7.15. The zero-order chi connectivity index (χ0) is 20.1.